The van der Waals surface area contributed by atoms with Crippen LogP contribution in [0, 0.1) is 0 Å². The minimum absolute atomic E-state index is 0.0237. The number of para-hydroxylation sites is 2. The Morgan fingerprint density at radius 3 is 2.44 bits per heavy atom. The van der Waals surface area contributed by atoms with E-state index in [0.29, 0.717) is 24.5 Å². The zero-order valence-electron chi connectivity index (χ0n) is 13.4. The Bertz CT molecular complexity index is 943. The van der Waals surface area contributed by atoms with E-state index in [1.54, 1.807) is 28.9 Å². The normalized spacial score (nSPS) is 15.8. The number of carbonyl (C=O) groups excluding carboxylic acids is 1. The van der Waals surface area contributed by atoms with Gasteiger partial charge in [0.15, 0.2) is 5.69 Å². The van der Waals surface area contributed by atoms with Crippen molar-refractivity contribution in [2.45, 2.75) is 12.6 Å². The molecule has 1 aliphatic rings. The molecule has 1 saturated heterocycles. The van der Waals surface area contributed by atoms with Crippen LogP contribution in [0.3, 0.4) is 0 Å². The van der Waals surface area contributed by atoms with Crippen LogP contribution in [0.15, 0.2) is 65.5 Å². The highest BCUT2D eigenvalue weighted by Crippen LogP contribution is 2.10. The van der Waals surface area contributed by atoms with Crippen molar-refractivity contribution in [3.63, 3.8) is 0 Å². The van der Waals surface area contributed by atoms with E-state index in [2.05, 4.69) is 10.5 Å². The molecule has 0 saturated carbocycles. The summed E-state index contributed by atoms with van der Waals surface area (Å²) in [7, 11) is 0. The Labute approximate surface area is 143 Å². The number of H-pyrrole nitrogens is 1. The number of anilines is 1. The fraction of sp³-hybridized carbons (Fsp3) is 0.167. The second kappa shape index (κ2) is 6.37. The number of amides is 1. The summed E-state index contributed by atoms with van der Waals surface area (Å²) < 4.78 is 8.15. The highest BCUT2D eigenvalue weighted by molar-refractivity contribution is 6.01. The van der Waals surface area contributed by atoms with E-state index in [9.17, 15) is 9.59 Å². The molecule has 4 rings (SSSR count). The maximum atomic E-state index is 12.8. The van der Waals surface area contributed by atoms with Gasteiger partial charge in [-0.2, -0.15) is 0 Å². The molecular formula is C18H17N4O3+. The maximum absolute atomic E-state index is 12.8. The van der Waals surface area contributed by atoms with Crippen LogP contribution in [-0.4, -0.2) is 28.5 Å². The van der Waals surface area contributed by atoms with Crippen LogP contribution in [0.4, 0.5) is 5.69 Å². The molecule has 0 spiro atoms. The number of carbonyl (C=O) groups is 1. The summed E-state index contributed by atoms with van der Waals surface area (Å²) in [6, 6.07) is 18.2. The van der Waals surface area contributed by atoms with Gasteiger partial charge in [-0.3, -0.25) is 4.79 Å². The van der Waals surface area contributed by atoms with Gasteiger partial charge in [-0.15, -0.1) is 4.68 Å². The predicted molar refractivity (Wildman–Crippen MR) is 90.7 cm³/mol. The smallest absolute Gasteiger partial charge is 0.369 e. The summed E-state index contributed by atoms with van der Waals surface area (Å²) in [5, 5.41) is 5.75. The van der Waals surface area contributed by atoms with E-state index in [0.717, 1.165) is 0 Å². The van der Waals surface area contributed by atoms with Crippen molar-refractivity contribution in [3.05, 3.63) is 76.7 Å². The lowest BCUT2D eigenvalue weighted by Crippen LogP contribution is -2.46. The van der Waals surface area contributed by atoms with Crippen LogP contribution >= 0.6 is 0 Å². The third-order valence-corrected chi connectivity index (χ3v) is 3.95. The molecule has 2 N–H and O–H groups in total. The number of nitrogens with one attached hydrogen (secondary N) is 2. The van der Waals surface area contributed by atoms with E-state index in [4.69, 9.17) is 4.74 Å². The van der Waals surface area contributed by atoms with E-state index < -0.39 is 11.5 Å². The standard InChI is InChI=1S/C18H16N4O3/c23-17(19-13-7-3-1-4-8-13)16-18(24)22(14-9-5-2-6-10-14)20-21(16)11-15-12-25-15/h1-10,15H,11-12H2,(H-,19,20,23,24)/p+1. The lowest BCUT2D eigenvalue weighted by Gasteiger charge is -2.02. The molecule has 7 heteroatoms. The second-order valence-electron chi connectivity index (χ2n) is 5.81. The third kappa shape index (κ3) is 3.22. The molecule has 1 aliphatic heterocycles. The molecule has 25 heavy (non-hydrogen) atoms. The summed E-state index contributed by atoms with van der Waals surface area (Å²) >= 11 is 0. The highest BCUT2D eigenvalue weighted by atomic mass is 16.6. The minimum Gasteiger partial charge on any atom is -0.369 e. The third-order valence-electron chi connectivity index (χ3n) is 3.95. The molecule has 1 unspecified atom stereocenters. The van der Waals surface area contributed by atoms with Crippen LogP contribution in [0.1, 0.15) is 10.5 Å². The molecule has 1 amide bonds. The first-order valence-electron chi connectivity index (χ1n) is 8.00. The summed E-state index contributed by atoms with van der Waals surface area (Å²) in [6.45, 7) is 1.05. The molecule has 1 fully saturated rings. The van der Waals surface area contributed by atoms with Gasteiger partial charge < -0.3 is 10.1 Å². The largest absolute Gasteiger partial charge is 0.411 e. The van der Waals surface area contributed by atoms with Crippen molar-refractivity contribution in [2.24, 2.45) is 0 Å². The second-order valence-corrected chi connectivity index (χ2v) is 5.81. The Hall–Kier alpha value is -3.19. The highest BCUT2D eigenvalue weighted by Gasteiger charge is 2.34. The molecular weight excluding hydrogens is 320 g/mol. The molecule has 1 aromatic heterocycles. The van der Waals surface area contributed by atoms with Crippen molar-refractivity contribution in [1.82, 2.24) is 9.90 Å². The summed E-state index contributed by atoms with van der Waals surface area (Å²) in [4.78, 5) is 25.5. The van der Waals surface area contributed by atoms with Crippen LogP contribution in [0.5, 0.6) is 0 Å². The van der Waals surface area contributed by atoms with Gasteiger partial charge in [0.1, 0.15) is 12.6 Å². The number of ether oxygens (including phenoxy) is 1. The average Bonchev–Trinajstić information content (AvgIpc) is 3.38. The molecule has 1 atom stereocenters. The first-order chi connectivity index (χ1) is 12.2. The predicted octanol–water partition coefficient (Wildman–Crippen LogP) is 1.10. The number of hydrogen-bond acceptors (Lipinski definition) is 3. The first kappa shape index (κ1) is 15.3. The van der Waals surface area contributed by atoms with Gasteiger partial charge in [-0.1, -0.05) is 46.3 Å². The Kier molecular flexibility index (Phi) is 3.91. The fourth-order valence-electron chi connectivity index (χ4n) is 2.63. The van der Waals surface area contributed by atoms with Gasteiger partial charge in [0.25, 0.3) is 0 Å². The SMILES string of the molecule is O=C(Nc1ccccc1)c1c(=O)n(-c2ccccc2)[nH][n+]1CC1CO1. The molecule has 0 bridgehead atoms. The monoisotopic (exact) mass is 337 g/mol. The Morgan fingerprint density at radius 1 is 1.16 bits per heavy atom. The Balaban J connectivity index is 1.73. The van der Waals surface area contributed by atoms with Gasteiger partial charge in [0.2, 0.25) is 0 Å². The number of nitrogens with zero attached hydrogens (tertiary/aromatic N) is 2. The van der Waals surface area contributed by atoms with Crippen LogP contribution < -0.4 is 15.6 Å². The van der Waals surface area contributed by atoms with E-state index in [1.165, 1.54) is 4.68 Å². The Morgan fingerprint density at radius 2 is 1.80 bits per heavy atom. The van der Waals surface area contributed by atoms with Gasteiger partial charge in [0, 0.05) is 5.69 Å². The van der Waals surface area contributed by atoms with E-state index >= 15 is 0 Å². The molecule has 2 aromatic carbocycles. The van der Waals surface area contributed by atoms with Gasteiger partial charge in [-0.05, 0) is 24.3 Å². The molecule has 0 aliphatic carbocycles. The van der Waals surface area contributed by atoms with Crippen molar-refractivity contribution < 1.29 is 14.2 Å². The molecule has 2 heterocycles. The lowest BCUT2D eigenvalue weighted by atomic mass is 10.3. The zero-order valence-corrected chi connectivity index (χ0v) is 13.4. The summed E-state index contributed by atoms with van der Waals surface area (Å²) in [5.41, 5.74) is 0.939. The van der Waals surface area contributed by atoms with Gasteiger partial charge in [-0.25, -0.2) is 4.79 Å². The molecule has 3 aromatic rings. The fourth-order valence-corrected chi connectivity index (χ4v) is 2.63. The lowest BCUT2D eigenvalue weighted by molar-refractivity contribution is -0.757. The van der Waals surface area contributed by atoms with Crippen LogP contribution in [0.25, 0.3) is 5.69 Å². The van der Waals surface area contributed by atoms with Crippen molar-refractivity contribution in [3.8, 4) is 5.69 Å². The van der Waals surface area contributed by atoms with Crippen molar-refractivity contribution >= 4 is 11.6 Å². The minimum atomic E-state index is -0.456. The average molecular weight is 337 g/mol. The van der Waals surface area contributed by atoms with E-state index in [1.807, 2.05) is 36.4 Å². The summed E-state index contributed by atoms with van der Waals surface area (Å²) in [5.74, 6) is -0.456. The summed E-state index contributed by atoms with van der Waals surface area (Å²) in [6.07, 6.45) is 0.0237. The van der Waals surface area contributed by atoms with Gasteiger partial charge >= 0.3 is 17.2 Å². The quantitative estimate of drug-likeness (QED) is 0.540. The van der Waals surface area contributed by atoms with Gasteiger partial charge in [0.05, 0.1) is 6.61 Å². The number of epoxide rings is 1. The van der Waals surface area contributed by atoms with Crippen LogP contribution in [0.2, 0.25) is 0 Å². The van der Waals surface area contributed by atoms with Crippen molar-refractivity contribution in [2.75, 3.05) is 11.9 Å². The number of rotatable bonds is 5. The topological polar surface area (TPSA) is 83.3 Å². The molecule has 126 valence electrons. The molecule has 7 nitrogen and oxygen atoms in total. The number of hydrogen-bond donors (Lipinski definition) is 2. The van der Waals surface area contributed by atoms with Crippen molar-refractivity contribution in [1.29, 1.82) is 0 Å². The molecule has 0 radical (unpaired) electrons. The number of benzene rings is 2. The number of aromatic nitrogens is 3. The maximum Gasteiger partial charge on any atom is 0.411 e. The number of aromatic amines is 1. The van der Waals surface area contributed by atoms with E-state index in [-0.39, 0.29) is 11.8 Å². The zero-order chi connectivity index (χ0) is 17.2. The van der Waals surface area contributed by atoms with Crippen LogP contribution in [-0.2, 0) is 11.3 Å². The first-order valence-corrected chi connectivity index (χ1v) is 8.00.